The van der Waals surface area contributed by atoms with Gasteiger partial charge in [0.1, 0.15) is 0 Å². The maximum atomic E-state index is 14.0. The largest absolute Gasteiger partial charge is 0.545 e. The maximum absolute atomic E-state index is 14.0. The molecule has 0 saturated carbocycles. The van der Waals surface area contributed by atoms with E-state index in [0.29, 0.717) is 5.69 Å². The van der Waals surface area contributed by atoms with Gasteiger partial charge in [-0.2, -0.15) is 0 Å². The molecule has 0 spiro atoms. The molecule has 1 aliphatic rings. The van der Waals surface area contributed by atoms with Gasteiger partial charge in [0.05, 0.1) is 35.8 Å². The number of anilines is 1. The van der Waals surface area contributed by atoms with E-state index in [4.69, 9.17) is 78.7 Å². The Balaban J connectivity index is 1.59. The van der Waals surface area contributed by atoms with Crippen molar-refractivity contribution in [2.24, 2.45) is 0 Å². The summed E-state index contributed by atoms with van der Waals surface area (Å²) in [6.07, 6.45) is -0.0227. The van der Waals surface area contributed by atoms with Gasteiger partial charge in [-0.3, -0.25) is 0 Å². The molecule has 2 N–H and O–H groups in total. The first-order valence-corrected chi connectivity index (χ1v) is 14.3. The highest BCUT2D eigenvalue weighted by atomic mass is 35.5. The maximum Gasteiger partial charge on any atom is 0.545 e. The lowest BCUT2D eigenvalue weighted by Gasteiger charge is -2.28. The van der Waals surface area contributed by atoms with Crippen LogP contribution in [0.25, 0.3) is 10.8 Å². The van der Waals surface area contributed by atoms with E-state index >= 15 is 0 Å². The van der Waals surface area contributed by atoms with Crippen molar-refractivity contribution in [3.8, 4) is 11.5 Å². The van der Waals surface area contributed by atoms with Crippen LogP contribution in [0.3, 0.4) is 0 Å². The van der Waals surface area contributed by atoms with Crippen molar-refractivity contribution in [1.82, 2.24) is 5.09 Å². The summed E-state index contributed by atoms with van der Waals surface area (Å²) in [4.78, 5) is 13.0. The summed E-state index contributed by atoms with van der Waals surface area (Å²) in [6, 6.07) is 14.5. The minimum absolute atomic E-state index is 0.0165. The molecular formula is C24H13Cl6N2O4P. The fourth-order valence-electron chi connectivity index (χ4n) is 3.86. The van der Waals surface area contributed by atoms with Gasteiger partial charge in [0.25, 0.3) is 0 Å². The average Bonchev–Trinajstić information content (AvgIpc) is 2.84. The highest BCUT2D eigenvalue weighted by molar-refractivity contribution is 7.53. The van der Waals surface area contributed by atoms with Gasteiger partial charge < -0.3 is 14.4 Å². The number of carbonyl (C=O) groups excluding carboxylic acids is 1. The smallest absolute Gasteiger partial charge is 0.398 e. The van der Waals surface area contributed by atoms with Crippen LogP contribution >= 0.6 is 77.4 Å². The van der Waals surface area contributed by atoms with Gasteiger partial charge >= 0.3 is 13.8 Å². The topological polar surface area (TPSA) is 76.7 Å². The molecule has 1 heterocycles. The summed E-state index contributed by atoms with van der Waals surface area (Å²) in [5.74, 6) is -0.217. The molecule has 37 heavy (non-hydrogen) atoms. The van der Waals surface area contributed by atoms with Gasteiger partial charge in [0.15, 0.2) is 11.5 Å². The Hall–Kier alpha value is -2.02. The standard InChI is InChI=1S/C24H13Cl6N2O4P/c25-15-9-17(27)22-13(20(15)29)8-14-21(30)16(26)10-18(28)23(14)36-37(34,35-22)32-24(33)31-19-7-3-5-11-4-1-2-6-12(11)19/h1-7,9-10H,8H2,(H2,31,32,33,34). The normalized spacial score (nSPS) is 13.9. The van der Waals surface area contributed by atoms with Gasteiger partial charge in [0, 0.05) is 22.9 Å². The molecule has 0 atom stereocenters. The average molecular weight is 637 g/mol. The first-order chi connectivity index (χ1) is 17.6. The second-order valence-electron chi connectivity index (χ2n) is 7.87. The molecule has 1 aliphatic heterocycles. The zero-order valence-electron chi connectivity index (χ0n) is 18.3. The third kappa shape index (κ3) is 5.17. The van der Waals surface area contributed by atoms with E-state index in [0.717, 1.165) is 10.8 Å². The van der Waals surface area contributed by atoms with Crippen LogP contribution in [0.1, 0.15) is 11.1 Å². The summed E-state index contributed by atoms with van der Waals surface area (Å²) >= 11 is 38.1. The van der Waals surface area contributed by atoms with Gasteiger partial charge in [-0.15, -0.1) is 0 Å². The van der Waals surface area contributed by atoms with Crippen molar-refractivity contribution in [2.75, 3.05) is 5.32 Å². The van der Waals surface area contributed by atoms with Crippen LogP contribution < -0.4 is 19.5 Å². The molecule has 5 rings (SSSR count). The molecule has 0 bridgehead atoms. The van der Waals surface area contributed by atoms with Crippen molar-refractivity contribution >= 4 is 99.8 Å². The second kappa shape index (κ2) is 10.3. The molecule has 4 aromatic rings. The molecule has 0 aromatic heterocycles. The molecule has 0 aliphatic carbocycles. The molecule has 2 amide bonds. The van der Waals surface area contributed by atoms with Gasteiger partial charge in [-0.1, -0.05) is 106 Å². The molecule has 0 unspecified atom stereocenters. The van der Waals surface area contributed by atoms with E-state index in [1.165, 1.54) is 12.1 Å². The Morgan fingerprint density at radius 2 is 1.30 bits per heavy atom. The van der Waals surface area contributed by atoms with Crippen molar-refractivity contribution < 1.29 is 18.4 Å². The van der Waals surface area contributed by atoms with Crippen LogP contribution in [0.2, 0.25) is 30.1 Å². The van der Waals surface area contributed by atoms with Crippen LogP contribution in [-0.4, -0.2) is 6.03 Å². The predicted octanol–water partition coefficient (Wildman–Crippen LogP) is 10.1. The number of urea groups is 1. The third-order valence-electron chi connectivity index (χ3n) is 5.49. The predicted molar refractivity (Wildman–Crippen MR) is 151 cm³/mol. The highest BCUT2D eigenvalue weighted by Gasteiger charge is 2.39. The SMILES string of the molecule is O=C(Nc1cccc2ccccc12)NP1(=O)Oc2c(Cl)cc(Cl)c(Cl)c2Cc2c(Cl)c(Cl)cc(Cl)c2O1. The van der Waals surface area contributed by atoms with Crippen molar-refractivity contribution in [1.29, 1.82) is 0 Å². The van der Waals surface area contributed by atoms with E-state index in [1.54, 1.807) is 12.1 Å². The Morgan fingerprint density at radius 3 is 1.89 bits per heavy atom. The number of carbonyl (C=O) groups is 1. The molecule has 0 radical (unpaired) electrons. The minimum atomic E-state index is -4.56. The second-order valence-corrected chi connectivity index (χ2v) is 11.8. The molecule has 6 nitrogen and oxygen atoms in total. The van der Waals surface area contributed by atoms with E-state index in [2.05, 4.69) is 10.4 Å². The first-order valence-electron chi connectivity index (χ1n) is 10.5. The molecule has 190 valence electrons. The van der Waals surface area contributed by atoms with E-state index in [9.17, 15) is 9.36 Å². The Bertz CT molecular complexity index is 1570. The minimum Gasteiger partial charge on any atom is -0.398 e. The summed E-state index contributed by atoms with van der Waals surface area (Å²) < 4.78 is 25.4. The van der Waals surface area contributed by atoms with Crippen LogP contribution in [0.15, 0.2) is 54.6 Å². The van der Waals surface area contributed by atoms with Gasteiger partial charge in [0.2, 0.25) is 0 Å². The summed E-state index contributed by atoms with van der Waals surface area (Å²) in [5, 5.41) is 6.97. The molecule has 4 aromatic carbocycles. The quantitative estimate of drug-likeness (QED) is 0.170. The third-order valence-corrected chi connectivity index (χ3v) is 9.03. The number of hydrogen-bond acceptors (Lipinski definition) is 4. The number of fused-ring (bicyclic) bond motifs is 3. The summed E-state index contributed by atoms with van der Waals surface area (Å²) in [6.45, 7) is 0. The molecule has 0 fully saturated rings. The zero-order chi connectivity index (χ0) is 26.5. The number of amides is 2. The monoisotopic (exact) mass is 634 g/mol. The fraction of sp³-hybridized carbons (Fsp3) is 0.0417. The van der Waals surface area contributed by atoms with E-state index in [1.807, 2.05) is 30.3 Å². The van der Waals surface area contributed by atoms with Crippen LogP contribution in [0, 0.1) is 0 Å². The number of benzene rings is 4. The van der Waals surface area contributed by atoms with Crippen molar-refractivity contribution in [3.63, 3.8) is 0 Å². The lowest BCUT2D eigenvalue weighted by atomic mass is 10.0. The number of halogens is 6. The van der Waals surface area contributed by atoms with Crippen LogP contribution in [0.4, 0.5) is 10.5 Å². The van der Waals surface area contributed by atoms with Crippen LogP contribution in [0.5, 0.6) is 11.5 Å². The van der Waals surface area contributed by atoms with Crippen molar-refractivity contribution in [3.05, 3.63) is 95.9 Å². The van der Waals surface area contributed by atoms with Gasteiger partial charge in [-0.25, -0.2) is 14.4 Å². The molecule has 13 heteroatoms. The number of nitrogens with one attached hydrogen (secondary N) is 2. The summed E-state index contributed by atoms with van der Waals surface area (Å²) in [5.41, 5.74) is 0.969. The van der Waals surface area contributed by atoms with Gasteiger partial charge in [-0.05, 0) is 23.6 Å². The molecule has 0 saturated heterocycles. The van der Waals surface area contributed by atoms with Crippen LogP contribution in [-0.2, 0) is 11.0 Å². The Labute approximate surface area is 241 Å². The van der Waals surface area contributed by atoms with E-state index in [-0.39, 0.29) is 59.2 Å². The van der Waals surface area contributed by atoms with E-state index < -0.39 is 13.8 Å². The fourth-order valence-corrected chi connectivity index (χ4v) is 6.79. The zero-order valence-corrected chi connectivity index (χ0v) is 23.7. The Morgan fingerprint density at radius 1 is 0.757 bits per heavy atom. The van der Waals surface area contributed by atoms with Crippen molar-refractivity contribution in [2.45, 2.75) is 6.42 Å². The Kier molecular flexibility index (Phi) is 7.38. The first kappa shape index (κ1) is 26.6. The number of hydrogen-bond donors (Lipinski definition) is 2. The lowest BCUT2D eigenvalue weighted by Crippen LogP contribution is -2.31. The number of rotatable bonds is 2. The molecular weight excluding hydrogens is 624 g/mol. The lowest BCUT2D eigenvalue weighted by molar-refractivity contribution is 0.253. The highest BCUT2D eigenvalue weighted by Crippen LogP contribution is 2.56. The summed E-state index contributed by atoms with van der Waals surface area (Å²) in [7, 11) is -4.56.